The summed E-state index contributed by atoms with van der Waals surface area (Å²) in [5.74, 6) is -1.50. The van der Waals surface area contributed by atoms with Crippen molar-refractivity contribution in [1.82, 2.24) is 0 Å². The zero-order chi connectivity index (χ0) is 14.0. The molecule has 0 bridgehead atoms. The maximum Gasteiger partial charge on any atom is 0.319 e. The van der Waals surface area contributed by atoms with E-state index in [1.54, 1.807) is 12.1 Å². The molecule has 0 aromatic heterocycles. The van der Waals surface area contributed by atoms with E-state index in [1.807, 2.05) is 0 Å². The van der Waals surface area contributed by atoms with E-state index in [1.165, 1.54) is 6.07 Å². The summed E-state index contributed by atoms with van der Waals surface area (Å²) in [5.41, 5.74) is -0.970. The average molecular weight is 303 g/mol. The lowest BCUT2D eigenvalue weighted by molar-refractivity contribution is -0.164. The van der Waals surface area contributed by atoms with Gasteiger partial charge < -0.3 is 9.84 Å². The molecular weight excluding hydrogens is 291 g/mol. The van der Waals surface area contributed by atoms with Gasteiger partial charge in [0.2, 0.25) is 0 Å². The van der Waals surface area contributed by atoms with Crippen LogP contribution in [0.5, 0.6) is 0 Å². The summed E-state index contributed by atoms with van der Waals surface area (Å²) in [6, 6.07) is 4.78. The van der Waals surface area contributed by atoms with Gasteiger partial charge >= 0.3 is 5.97 Å². The number of hydrogen-bond donors (Lipinski definition) is 1. The van der Waals surface area contributed by atoms with Crippen LogP contribution in [-0.4, -0.2) is 30.1 Å². The molecule has 0 saturated carbocycles. The van der Waals surface area contributed by atoms with Crippen molar-refractivity contribution in [2.24, 2.45) is 5.41 Å². The highest BCUT2D eigenvalue weighted by atomic mass is 35.5. The highest BCUT2D eigenvalue weighted by molar-refractivity contribution is 6.35. The van der Waals surface area contributed by atoms with Gasteiger partial charge in [-0.25, -0.2) is 0 Å². The van der Waals surface area contributed by atoms with Crippen molar-refractivity contribution in [3.05, 3.63) is 33.8 Å². The fourth-order valence-corrected chi connectivity index (χ4v) is 2.60. The van der Waals surface area contributed by atoms with Gasteiger partial charge in [-0.3, -0.25) is 9.59 Å². The molecule has 1 saturated heterocycles. The zero-order valence-corrected chi connectivity index (χ0v) is 11.5. The number of hydrogen-bond acceptors (Lipinski definition) is 3. The Morgan fingerprint density at radius 2 is 2.16 bits per heavy atom. The zero-order valence-electron chi connectivity index (χ0n) is 9.99. The minimum Gasteiger partial charge on any atom is -0.480 e. The molecule has 1 fully saturated rings. The number of carboxylic acids is 1. The highest BCUT2D eigenvalue weighted by Crippen LogP contribution is 2.33. The Bertz CT molecular complexity index is 529. The summed E-state index contributed by atoms with van der Waals surface area (Å²) in [6.45, 7) is 0.141. The summed E-state index contributed by atoms with van der Waals surface area (Å²) >= 11 is 11.8. The second kappa shape index (κ2) is 5.49. The van der Waals surface area contributed by atoms with E-state index in [4.69, 9.17) is 27.9 Å². The Morgan fingerprint density at radius 1 is 1.42 bits per heavy atom. The number of carbonyl (C=O) groups excluding carboxylic acids is 1. The fourth-order valence-electron chi connectivity index (χ4n) is 2.13. The van der Waals surface area contributed by atoms with Crippen LogP contribution in [0.25, 0.3) is 0 Å². The van der Waals surface area contributed by atoms with E-state index in [9.17, 15) is 14.7 Å². The number of aliphatic carboxylic acids is 1. The average Bonchev–Trinajstić information content (AvgIpc) is 2.35. The summed E-state index contributed by atoms with van der Waals surface area (Å²) in [7, 11) is 0. The highest BCUT2D eigenvalue weighted by Gasteiger charge is 2.48. The van der Waals surface area contributed by atoms with Crippen LogP contribution in [-0.2, 0) is 20.7 Å². The molecule has 0 spiro atoms. The number of ether oxygens (including phenoxy) is 1. The quantitative estimate of drug-likeness (QED) is 0.872. The van der Waals surface area contributed by atoms with Crippen molar-refractivity contribution in [3.63, 3.8) is 0 Å². The molecular formula is C13H12Cl2O4. The lowest BCUT2D eigenvalue weighted by atomic mass is 9.76. The predicted octanol–water partition coefficient (Wildman–Crippen LogP) is 2.60. The molecule has 1 atom stereocenters. The van der Waals surface area contributed by atoms with E-state index in [0.717, 1.165) is 0 Å². The van der Waals surface area contributed by atoms with Gasteiger partial charge in [-0.05, 0) is 24.1 Å². The SMILES string of the molecule is O=C(O)C1(Cc2ccc(Cl)cc2Cl)COCCC1=O. The standard InChI is InChI=1S/C13H12Cl2O4/c14-9-2-1-8(10(15)5-9)6-13(12(17)18)7-19-4-3-11(13)16/h1-2,5H,3-4,6-7H2,(H,17,18). The van der Waals surface area contributed by atoms with Crippen molar-refractivity contribution >= 4 is 35.0 Å². The molecule has 19 heavy (non-hydrogen) atoms. The maximum absolute atomic E-state index is 12.0. The molecule has 6 heteroatoms. The first-order valence-electron chi connectivity index (χ1n) is 5.74. The fraction of sp³-hybridized carbons (Fsp3) is 0.385. The molecule has 0 aliphatic carbocycles. The first-order valence-corrected chi connectivity index (χ1v) is 6.50. The van der Waals surface area contributed by atoms with Gasteiger partial charge in [0.05, 0.1) is 13.2 Å². The Morgan fingerprint density at radius 3 is 2.74 bits per heavy atom. The molecule has 1 aromatic carbocycles. The lowest BCUT2D eigenvalue weighted by Crippen LogP contribution is -2.48. The minimum absolute atomic E-state index is 0.0111. The van der Waals surface area contributed by atoms with Crippen LogP contribution in [0, 0.1) is 5.41 Å². The molecule has 0 radical (unpaired) electrons. The topological polar surface area (TPSA) is 63.6 Å². The monoisotopic (exact) mass is 302 g/mol. The van der Waals surface area contributed by atoms with E-state index in [0.29, 0.717) is 15.6 Å². The number of carbonyl (C=O) groups is 2. The van der Waals surface area contributed by atoms with Gasteiger partial charge in [0, 0.05) is 16.5 Å². The molecule has 1 heterocycles. The normalized spacial score (nSPS) is 23.4. The van der Waals surface area contributed by atoms with Crippen molar-refractivity contribution in [3.8, 4) is 0 Å². The van der Waals surface area contributed by atoms with Crippen LogP contribution >= 0.6 is 23.2 Å². The summed E-state index contributed by atoms with van der Waals surface area (Å²) in [6.07, 6.45) is 0.120. The van der Waals surface area contributed by atoms with Gasteiger partial charge in [-0.15, -0.1) is 0 Å². The maximum atomic E-state index is 12.0. The van der Waals surface area contributed by atoms with Crippen molar-refractivity contribution in [1.29, 1.82) is 0 Å². The number of benzene rings is 1. The molecule has 1 N–H and O–H groups in total. The van der Waals surface area contributed by atoms with Crippen LogP contribution in [0.15, 0.2) is 18.2 Å². The van der Waals surface area contributed by atoms with E-state index >= 15 is 0 Å². The van der Waals surface area contributed by atoms with Crippen LogP contribution in [0.4, 0.5) is 0 Å². The molecule has 2 rings (SSSR count). The second-order valence-electron chi connectivity index (χ2n) is 4.53. The van der Waals surface area contributed by atoms with Crippen LogP contribution in [0.1, 0.15) is 12.0 Å². The van der Waals surface area contributed by atoms with E-state index < -0.39 is 11.4 Å². The number of halogens is 2. The molecule has 0 amide bonds. The molecule has 4 nitrogen and oxygen atoms in total. The first-order chi connectivity index (χ1) is 8.95. The lowest BCUT2D eigenvalue weighted by Gasteiger charge is -2.31. The summed E-state index contributed by atoms with van der Waals surface area (Å²) in [5, 5.41) is 10.2. The second-order valence-corrected chi connectivity index (χ2v) is 5.37. The third-order valence-electron chi connectivity index (χ3n) is 3.27. The summed E-state index contributed by atoms with van der Waals surface area (Å²) < 4.78 is 5.18. The van der Waals surface area contributed by atoms with Crippen molar-refractivity contribution in [2.45, 2.75) is 12.8 Å². The van der Waals surface area contributed by atoms with Gasteiger partial charge in [-0.2, -0.15) is 0 Å². The van der Waals surface area contributed by atoms with E-state index in [2.05, 4.69) is 0 Å². The summed E-state index contributed by atoms with van der Waals surface area (Å²) in [4.78, 5) is 23.5. The van der Waals surface area contributed by atoms with Gasteiger partial charge in [0.1, 0.15) is 0 Å². The van der Waals surface area contributed by atoms with Crippen LogP contribution in [0.2, 0.25) is 10.0 Å². The van der Waals surface area contributed by atoms with E-state index in [-0.39, 0.29) is 31.8 Å². The Balaban J connectivity index is 2.36. The van der Waals surface area contributed by atoms with Gasteiger partial charge in [0.15, 0.2) is 11.2 Å². The minimum atomic E-state index is -1.55. The molecule has 1 aromatic rings. The molecule has 1 aliphatic rings. The molecule has 1 unspecified atom stereocenters. The van der Waals surface area contributed by atoms with Crippen LogP contribution in [0.3, 0.4) is 0 Å². The van der Waals surface area contributed by atoms with Crippen molar-refractivity contribution in [2.75, 3.05) is 13.2 Å². The predicted molar refractivity (Wildman–Crippen MR) is 70.7 cm³/mol. The number of ketones is 1. The first kappa shape index (κ1) is 14.3. The Hall–Kier alpha value is -1.10. The third kappa shape index (κ3) is 2.76. The number of Topliss-reactive ketones (excluding diaryl/α,β-unsaturated/α-hetero) is 1. The van der Waals surface area contributed by atoms with Gasteiger partial charge in [-0.1, -0.05) is 29.3 Å². The smallest absolute Gasteiger partial charge is 0.319 e. The van der Waals surface area contributed by atoms with Crippen molar-refractivity contribution < 1.29 is 19.4 Å². The third-order valence-corrected chi connectivity index (χ3v) is 3.86. The largest absolute Gasteiger partial charge is 0.480 e. The molecule has 102 valence electrons. The number of rotatable bonds is 3. The Labute approximate surface area is 120 Å². The number of carboxylic acid groups (broad SMARTS) is 1. The van der Waals surface area contributed by atoms with Gasteiger partial charge in [0.25, 0.3) is 0 Å². The Kier molecular flexibility index (Phi) is 4.13. The van der Waals surface area contributed by atoms with Crippen LogP contribution < -0.4 is 0 Å². The molecule has 1 aliphatic heterocycles.